The number of nitrogens with one attached hydrogen (secondary N) is 1. The summed E-state index contributed by atoms with van der Waals surface area (Å²) in [6, 6.07) is 2.77. The van der Waals surface area contributed by atoms with Crippen molar-refractivity contribution in [3.8, 4) is 6.07 Å². The lowest BCUT2D eigenvalue weighted by molar-refractivity contribution is 0.513. The molecule has 0 aromatic heterocycles. The van der Waals surface area contributed by atoms with Crippen LogP contribution in [0.4, 0.5) is 0 Å². The first-order valence-electron chi connectivity index (χ1n) is 5.99. The molecule has 0 aromatic carbocycles. The molecule has 2 nitrogen and oxygen atoms in total. The number of hydrogen-bond donors (Lipinski definition) is 1. The smallest absolute Gasteiger partial charge is 0.105 e. The quantitative estimate of drug-likeness (QED) is 0.783. The summed E-state index contributed by atoms with van der Waals surface area (Å²) in [7, 11) is 0. The molecule has 0 saturated heterocycles. The Balaban J connectivity index is 2.18. The van der Waals surface area contributed by atoms with Gasteiger partial charge in [0, 0.05) is 17.0 Å². The lowest BCUT2D eigenvalue weighted by Gasteiger charge is -2.22. The molecule has 0 bridgehead atoms. The van der Waals surface area contributed by atoms with Crippen LogP contribution < -0.4 is 5.32 Å². The molecule has 1 unspecified atom stereocenters. The van der Waals surface area contributed by atoms with Crippen molar-refractivity contribution >= 4 is 11.8 Å². The normalized spacial score (nSPS) is 20.1. The van der Waals surface area contributed by atoms with Crippen molar-refractivity contribution in [3.05, 3.63) is 0 Å². The van der Waals surface area contributed by atoms with Gasteiger partial charge in [-0.05, 0) is 26.7 Å². The minimum Gasteiger partial charge on any atom is -0.299 e. The minimum atomic E-state index is 0.0249. The van der Waals surface area contributed by atoms with Crippen LogP contribution in [0, 0.1) is 11.3 Å². The van der Waals surface area contributed by atoms with Gasteiger partial charge in [0.25, 0.3) is 0 Å². The van der Waals surface area contributed by atoms with Crippen LogP contribution in [0.3, 0.4) is 0 Å². The largest absolute Gasteiger partial charge is 0.299 e. The second-order valence-electron chi connectivity index (χ2n) is 4.60. The Morgan fingerprint density at radius 2 is 2.00 bits per heavy atom. The molecule has 0 radical (unpaired) electrons. The molecule has 0 aromatic rings. The number of thioether (sulfide) groups is 1. The third-order valence-electron chi connectivity index (χ3n) is 2.74. The van der Waals surface area contributed by atoms with E-state index in [1.165, 1.54) is 32.1 Å². The third-order valence-corrected chi connectivity index (χ3v) is 4.21. The summed E-state index contributed by atoms with van der Waals surface area (Å²) in [4.78, 5) is 0. The maximum absolute atomic E-state index is 8.98. The van der Waals surface area contributed by atoms with Gasteiger partial charge in [0.15, 0.2) is 0 Å². The van der Waals surface area contributed by atoms with Crippen LogP contribution in [0.1, 0.15) is 46.0 Å². The first-order chi connectivity index (χ1) is 7.22. The van der Waals surface area contributed by atoms with Crippen LogP contribution in [0.5, 0.6) is 0 Å². The molecule has 15 heavy (non-hydrogen) atoms. The van der Waals surface area contributed by atoms with Gasteiger partial charge in [-0.3, -0.25) is 5.32 Å². The molecule has 1 fully saturated rings. The SMILES string of the molecule is CC(C)NC(C#N)CSC1CCCCC1. The Labute approximate surface area is 97.8 Å². The number of hydrogen-bond acceptors (Lipinski definition) is 3. The number of rotatable bonds is 5. The predicted octanol–water partition coefficient (Wildman–Crippen LogP) is 2.94. The van der Waals surface area contributed by atoms with Crippen LogP contribution >= 0.6 is 11.8 Å². The van der Waals surface area contributed by atoms with Gasteiger partial charge in [-0.25, -0.2) is 0 Å². The summed E-state index contributed by atoms with van der Waals surface area (Å²) in [6.45, 7) is 4.19. The lowest BCUT2D eigenvalue weighted by atomic mass is 10.0. The summed E-state index contributed by atoms with van der Waals surface area (Å²) in [6.07, 6.45) is 6.87. The summed E-state index contributed by atoms with van der Waals surface area (Å²) in [5, 5.41) is 13.1. The molecule has 1 aliphatic carbocycles. The fourth-order valence-electron chi connectivity index (χ4n) is 1.99. The maximum atomic E-state index is 8.98. The van der Waals surface area contributed by atoms with Crippen LogP contribution in [0.15, 0.2) is 0 Å². The molecule has 1 atom stereocenters. The van der Waals surface area contributed by atoms with E-state index in [2.05, 4.69) is 25.2 Å². The first-order valence-corrected chi connectivity index (χ1v) is 7.04. The average Bonchev–Trinajstić information content (AvgIpc) is 2.25. The van der Waals surface area contributed by atoms with Crippen molar-refractivity contribution in [2.75, 3.05) is 5.75 Å². The zero-order valence-corrected chi connectivity index (χ0v) is 10.6. The van der Waals surface area contributed by atoms with Gasteiger partial charge in [-0.15, -0.1) is 0 Å². The van der Waals surface area contributed by atoms with E-state index in [9.17, 15) is 0 Å². The Morgan fingerprint density at radius 1 is 1.33 bits per heavy atom. The van der Waals surface area contributed by atoms with E-state index in [0.29, 0.717) is 6.04 Å². The predicted molar refractivity (Wildman–Crippen MR) is 67.0 cm³/mol. The highest BCUT2D eigenvalue weighted by Gasteiger charge is 2.16. The van der Waals surface area contributed by atoms with Crippen molar-refractivity contribution in [1.29, 1.82) is 5.26 Å². The molecule has 3 heteroatoms. The van der Waals surface area contributed by atoms with Crippen LogP contribution in [0.25, 0.3) is 0 Å². The Kier molecular flexibility index (Phi) is 6.12. The van der Waals surface area contributed by atoms with Crippen molar-refractivity contribution in [3.63, 3.8) is 0 Å². The molecular weight excluding hydrogens is 204 g/mol. The van der Waals surface area contributed by atoms with Gasteiger partial charge in [0.2, 0.25) is 0 Å². The Bertz CT molecular complexity index is 204. The maximum Gasteiger partial charge on any atom is 0.105 e. The second kappa shape index (κ2) is 7.14. The van der Waals surface area contributed by atoms with E-state index >= 15 is 0 Å². The van der Waals surface area contributed by atoms with Crippen LogP contribution in [-0.2, 0) is 0 Å². The highest BCUT2D eigenvalue weighted by atomic mass is 32.2. The summed E-state index contributed by atoms with van der Waals surface area (Å²) in [5.41, 5.74) is 0. The van der Waals surface area contributed by atoms with E-state index in [4.69, 9.17) is 5.26 Å². The average molecular weight is 226 g/mol. The zero-order valence-electron chi connectivity index (χ0n) is 9.83. The van der Waals surface area contributed by atoms with Gasteiger partial charge in [-0.1, -0.05) is 19.3 Å². The van der Waals surface area contributed by atoms with Crippen LogP contribution in [-0.4, -0.2) is 23.1 Å². The Hall–Kier alpha value is -0.200. The van der Waals surface area contributed by atoms with E-state index < -0.39 is 0 Å². The van der Waals surface area contributed by atoms with Gasteiger partial charge in [0.1, 0.15) is 6.04 Å². The van der Waals surface area contributed by atoms with Crippen LogP contribution in [0.2, 0.25) is 0 Å². The highest BCUT2D eigenvalue weighted by Crippen LogP contribution is 2.28. The van der Waals surface area contributed by atoms with Gasteiger partial charge in [0.05, 0.1) is 6.07 Å². The van der Waals surface area contributed by atoms with Gasteiger partial charge < -0.3 is 0 Å². The van der Waals surface area contributed by atoms with Gasteiger partial charge >= 0.3 is 0 Å². The molecule has 1 saturated carbocycles. The monoisotopic (exact) mass is 226 g/mol. The highest BCUT2D eigenvalue weighted by molar-refractivity contribution is 7.99. The Morgan fingerprint density at radius 3 is 2.53 bits per heavy atom. The molecule has 1 rings (SSSR count). The van der Waals surface area contributed by atoms with E-state index in [-0.39, 0.29) is 6.04 Å². The number of nitriles is 1. The molecular formula is C12H22N2S. The third kappa shape index (κ3) is 5.44. The molecule has 1 aliphatic rings. The molecule has 0 heterocycles. The second-order valence-corrected chi connectivity index (χ2v) is 5.93. The molecule has 1 N–H and O–H groups in total. The summed E-state index contributed by atoms with van der Waals surface area (Å²) < 4.78 is 0. The fourth-order valence-corrected chi connectivity index (χ4v) is 3.29. The topological polar surface area (TPSA) is 35.8 Å². The van der Waals surface area contributed by atoms with E-state index in [1.807, 2.05) is 11.8 Å². The first kappa shape index (κ1) is 12.9. The van der Waals surface area contributed by atoms with Crippen molar-refractivity contribution < 1.29 is 0 Å². The summed E-state index contributed by atoms with van der Waals surface area (Å²) >= 11 is 1.99. The standard InChI is InChI=1S/C12H22N2S/c1-10(2)14-11(8-13)9-15-12-6-4-3-5-7-12/h10-12,14H,3-7,9H2,1-2H3. The minimum absolute atomic E-state index is 0.0249. The fraction of sp³-hybridized carbons (Fsp3) is 0.917. The summed E-state index contributed by atoms with van der Waals surface area (Å²) in [5.74, 6) is 0.944. The van der Waals surface area contributed by atoms with E-state index in [0.717, 1.165) is 11.0 Å². The molecule has 0 amide bonds. The van der Waals surface area contributed by atoms with Gasteiger partial charge in [-0.2, -0.15) is 17.0 Å². The molecule has 0 spiro atoms. The molecule has 86 valence electrons. The zero-order chi connectivity index (χ0) is 11.1. The molecule has 0 aliphatic heterocycles. The van der Waals surface area contributed by atoms with Crippen molar-refractivity contribution in [2.45, 2.75) is 63.3 Å². The van der Waals surface area contributed by atoms with Crippen molar-refractivity contribution in [2.24, 2.45) is 0 Å². The van der Waals surface area contributed by atoms with Crippen molar-refractivity contribution in [1.82, 2.24) is 5.32 Å². The number of nitrogens with zero attached hydrogens (tertiary/aromatic N) is 1. The lowest BCUT2D eigenvalue weighted by Crippen LogP contribution is -2.35. The van der Waals surface area contributed by atoms with E-state index in [1.54, 1.807) is 0 Å².